The van der Waals surface area contributed by atoms with Gasteiger partial charge in [-0.05, 0) is 31.2 Å². The molecule has 1 atom stereocenters. The molecule has 0 aliphatic carbocycles. The number of rotatable bonds is 2. The average molecular weight is 254 g/mol. The van der Waals surface area contributed by atoms with Crippen LogP contribution in [0.1, 0.15) is 6.92 Å². The molecule has 0 radical (unpaired) electrons. The van der Waals surface area contributed by atoms with Crippen molar-refractivity contribution in [2.45, 2.75) is 13.0 Å². The van der Waals surface area contributed by atoms with E-state index in [2.05, 4.69) is 5.10 Å². The summed E-state index contributed by atoms with van der Waals surface area (Å²) in [7, 11) is 1.56. The van der Waals surface area contributed by atoms with Crippen LogP contribution in [0.3, 0.4) is 0 Å². The van der Waals surface area contributed by atoms with E-state index in [-0.39, 0.29) is 5.91 Å². The van der Waals surface area contributed by atoms with Crippen LogP contribution in [0.15, 0.2) is 29.4 Å². The highest BCUT2D eigenvalue weighted by Gasteiger charge is 2.36. The van der Waals surface area contributed by atoms with E-state index in [1.54, 1.807) is 38.2 Å². The minimum atomic E-state index is -0.763. The van der Waals surface area contributed by atoms with Crippen LogP contribution in [0.4, 0.5) is 5.69 Å². The first-order valence-electron chi connectivity index (χ1n) is 5.07. The Hall–Kier alpha value is -1.59. The van der Waals surface area contributed by atoms with E-state index < -0.39 is 6.04 Å². The summed E-state index contributed by atoms with van der Waals surface area (Å²) in [6.07, 6.45) is 0. The number of hydrazone groups is 1. The molecule has 90 valence electrons. The molecule has 5 nitrogen and oxygen atoms in total. The molecule has 0 bridgehead atoms. The van der Waals surface area contributed by atoms with Crippen molar-refractivity contribution in [1.82, 2.24) is 5.01 Å². The van der Waals surface area contributed by atoms with Crippen LogP contribution in [-0.4, -0.2) is 34.9 Å². The highest BCUT2D eigenvalue weighted by atomic mass is 35.5. The van der Waals surface area contributed by atoms with Gasteiger partial charge in [-0.25, -0.2) is 10.1 Å². The molecule has 1 N–H and O–H groups in total. The number of hydroxylamine groups is 1. The van der Waals surface area contributed by atoms with Crippen LogP contribution < -0.4 is 5.06 Å². The Morgan fingerprint density at radius 1 is 1.41 bits per heavy atom. The molecule has 1 aliphatic rings. The molecule has 2 rings (SSSR count). The Labute approximate surface area is 104 Å². The smallest absolute Gasteiger partial charge is 0.273 e. The molecule has 1 aliphatic heterocycles. The summed E-state index contributed by atoms with van der Waals surface area (Å²) in [4.78, 5) is 11.8. The summed E-state index contributed by atoms with van der Waals surface area (Å²) in [5.41, 5.74) is 1.05. The summed E-state index contributed by atoms with van der Waals surface area (Å²) in [6.45, 7) is 1.70. The van der Waals surface area contributed by atoms with Gasteiger partial charge in [0.25, 0.3) is 5.91 Å². The fourth-order valence-corrected chi connectivity index (χ4v) is 1.85. The molecule has 1 aromatic carbocycles. The maximum Gasteiger partial charge on any atom is 0.273 e. The van der Waals surface area contributed by atoms with Gasteiger partial charge < -0.3 is 0 Å². The molecule has 17 heavy (non-hydrogen) atoms. The second-order valence-electron chi connectivity index (χ2n) is 3.83. The van der Waals surface area contributed by atoms with E-state index in [0.29, 0.717) is 16.4 Å². The Balaban J connectivity index is 2.26. The van der Waals surface area contributed by atoms with Gasteiger partial charge in [-0.1, -0.05) is 11.6 Å². The van der Waals surface area contributed by atoms with Gasteiger partial charge in [-0.2, -0.15) is 5.10 Å². The SMILES string of the molecule is CC1=NN(C)C(=O)C1N(O)c1ccc(Cl)cc1. The monoisotopic (exact) mass is 253 g/mol. The first-order chi connectivity index (χ1) is 8.00. The number of halogens is 1. The summed E-state index contributed by atoms with van der Waals surface area (Å²) < 4.78 is 0. The fourth-order valence-electron chi connectivity index (χ4n) is 1.72. The van der Waals surface area contributed by atoms with E-state index >= 15 is 0 Å². The molecule has 1 amide bonds. The summed E-state index contributed by atoms with van der Waals surface area (Å²) in [5.74, 6) is -0.264. The third-order valence-electron chi connectivity index (χ3n) is 2.59. The van der Waals surface area contributed by atoms with E-state index in [1.165, 1.54) is 5.01 Å². The van der Waals surface area contributed by atoms with E-state index in [1.807, 2.05) is 0 Å². The van der Waals surface area contributed by atoms with Crippen molar-refractivity contribution in [3.63, 3.8) is 0 Å². The first-order valence-corrected chi connectivity index (χ1v) is 5.45. The van der Waals surface area contributed by atoms with Crippen molar-refractivity contribution in [3.05, 3.63) is 29.3 Å². The number of hydrogen-bond acceptors (Lipinski definition) is 4. The minimum absolute atomic E-state index is 0.264. The zero-order valence-electron chi connectivity index (χ0n) is 9.46. The minimum Gasteiger partial charge on any atom is -0.287 e. The number of benzene rings is 1. The molecule has 0 saturated carbocycles. The molecule has 1 unspecified atom stereocenters. The Morgan fingerprint density at radius 3 is 2.47 bits per heavy atom. The molecule has 1 heterocycles. The predicted octanol–water partition coefficient (Wildman–Crippen LogP) is 1.75. The highest BCUT2D eigenvalue weighted by molar-refractivity contribution is 6.30. The quantitative estimate of drug-likeness (QED) is 0.817. The predicted molar refractivity (Wildman–Crippen MR) is 65.4 cm³/mol. The standard InChI is InChI=1S/C11H12ClN3O2/c1-7-10(11(16)14(2)13-7)15(17)9-5-3-8(12)4-6-9/h3-6,10,17H,1-2H3. The van der Waals surface area contributed by atoms with Crippen molar-refractivity contribution in [1.29, 1.82) is 0 Å². The van der Waals surface area contributed by atoms with Crippen LogP contribution in [0.5, 0.6) is 0 Å². The molecule has 0 aromatic heterocycles. The number of likely N-dealkylation sites (N-methyl/N-ethyl adjacent to an activating group) is 1. The number of nitrogens with zero attached hydrogens (tertiary/aromatic N) is 3. The lowest BCUT2D eigenvalue weighted by molar-refractivity contribution is -0.129. The van der Waals surface area contributed by atoms with Gasteiger partial charge in [-0.15, -0.1) is 0 Å². The van der Waals surface area contributed by atoms with Gasteiger partial charge in [0.1, 0.15) is 0 Å². The third kappa shape index (κ3) is 2.11. The fraction of sp³-hybridized carbons (Fsp3) is 0.273. The van der Waals surface area contributed by atoms with Gasteiger partial charge >= 0.3 is 0 Å². The summed E-state index contributed by atoms with van der Waals surface area (Å²) in [6, 6.07) is 5.81. The topological polar surface area (TPSA) is 56.1 Å². The lowest BCUT2D eigenvalue weighted by Crippen LogP contribution is -2.43. The van der Waals surface area contributed by atoms with Gasteiger partial charge in [0, 0.05) is 12.1 Å². The van der Waals surface area contributed by atoms with Crippen LogP contribution in [-0.2, 0) is 4.79 Å². The van der Waals surface area contributed by atoms with Gasteiger partial charge in [0.2, 0.25) is 0 Å². The van der Waals surface area contributed by atoms with Gasteiger partial charge in [0.05, 0.1) is 11.4 Å². The Bertz CT molecular complexity index is 472. The molecule has 0 spiro atoms. The van der Waals surface area contributed by atoms with E-state index in [4.69, 9.17) is 11.6 Å². The first kappa shape index (κ1) is 11.9. The molecule has 0 fully saturated rings. The average Bonchev–Trinajstić information content (AvgIpc) is 2.53. The van der Waals surface area contributed by atoms with Crippen LogP contribution in [0.25, 0.3) is 0 Å². The van der Waals surface area contributed by atoms with Crippen molar-refractivity contribution < 1.29 is 10.0 Å². The van der Waals surface area contributed by atoms with Crippen molar-refractivity contribution in [2.24, 2.45) is 5.10 Å². The highest BCUT2D eigenvalue weighted by Crippen LogP contribution is 2.22. The Morgan fingerprint density at radius 2 is 2.00 bits per heavy atom. The second-order valence-corrected chi connectivity index (χ2v) is 4.26. The van der Waals surface area contributed by atoms with E-state index in [0.717, 1.165) is 5.06 Å². The van der Waals surface area contributed by atoms with Gasteiger partial charge in [-0.3, -0.25) is 10.0 Å². The Kier molecular flexibility index (Phi) is 3.04. The van der Waals surface area contributed by atoms with Crippen molar-refractivity contribution in [3.8, 4) is 0 Å². The molecule has 0 saturated heterocycles. The lowest BCUT2D eigenvalue weighted by Gasteiger charge is -2.22. The number of anilines is 1. The molecule has 1 aromatic rings. The van der Waals surface area contributed by atoms with Crippen molar-refractivity contribution in [2.75, 3.05) is 12.1 Å². The molecular weight excluding hydrogens is 242 g/mol. The molecular formula is C11H12ClN3O2. The van der Waals surface area contributed by atoms with Crippen LogP contribution in [0.2, 0.25) is 5.02 Å². The largest absolute Gasteiger partial charge is 0.287 e. The van der Waals surface area contributed by atoms with Gasteiger partial charge in [0.15, 0.2) is 6.04 Å². The normalized spacial score (nSPS) is 19.5. The summed E-state index contributed by atoms with van der Waals surface area (Å²) >= 11 is 5.76. The third-order valence-corrected chi connectivity index (χ3v) is 2.84. The number of carbonyl (C=O) groups is 1. The number of amides is 1. The van der Waals surface area contributed by atoms with Crippen LogP contribution >= 0.6 is 11.6 Å². The van der Waals surface area contributed by atoms with Crippen molar-refractivity contribution >= 4 is 28.9 Å². The molecule has 6 heteroatoms. The zero-order chi connectivity index (χ0) is 12.6. The van der Waals surface area contributed by atoms with Crippen LogP contribution in [0, 0.1) is 0 Å². The zero-order valence-corrected chi connectivity index (χ0v) is 10.2. The number of hydrogen-bond donors (Lipinski definition) is 1. The lowest BCUT2D eigenvalue weighted by atomic mass is 10.1. The maximum absolute atomic E-state index is 11.8. The summed E-state index contributed by atoms with van der Waals surface area (Å²) in [5, 5.41) is 16.7. The maximum atomic E-state index is 11.8. The number of carbonyl (C=O) groups excluding carboxylic acids is 1. The van der Waals surface area contributed by atoms with E-state index in [9.17, 15) is 10.0 Å². The second kappa shape index (κ2) is 4.35.